The number of fused-ring (bicyclic) bond motifs is 1. The highest BCUT2D eigenvalue weighted by atomic mass is 16.5. The summed E-state index contributed by atoms with van der Waals surface area (Å²) in [5.74, 6) is 0.262. The molecule has 2 aromatic carbocycles. The Balaban J connectivity index is 1.46. The van der Waals surface area contributed by atoms with Crippen LogP contribution in [0.15, 0.2) is 55.0 Å². The summed E-state index contributed by atoms with van der Waals surface area (Å²) in [5, 5.41) is 4.77. The average Bonchev–Trinajstić information content (AvgIpc) is 3.31. The molecule has 1 fully saturated rings. The van der Waals surface area contributed by atoms with Gasteiger partial charge in [-0.2, -0.15) is 0 Å². The number of benzene rings is 2. The van der Waals surface area contributed by atoms with Gasteiger partial charge in [0.25, 0.3) is 5.91 Å². The molecule has 0 spiro atoms. The first-order valence-corrected chi connectivity index (χ1v) is 9.94. The van der Waals surface area contributed by atoms with Crippen LogP contribution in [0.25, 0.3) is 21.7 Å². The largest absolute Gasteiger partial charge is 0.454 e. The number of anilines is 1. The molecule has 6 rings (SSSR count). The number of hydrogen-bond acceptors (Lipinski definition) is 5. The van der Waals surface area contributed by atoms with Gasteiger partial charge in [-0.15, -0.1) is 0 Å². The summed E-state index contributed by atoms with van der Waals surface area (Å²) in [6, 6.07) is 10.2. The number of aromatic nitrogens is 2. The summed E-state index contributed by atoms with van der Waals surface area (Å²) in [5.41, 5.74) is 2.04. The van der Waals surface area contributed by atoms with E-state index in [1.807, 2.05) is 12.1 Å². The predicted octanol–water partition coefficient (Wildman–Crippen LogP) is 3.27. The molecule has 2 aromatic heterocycles. The molecular formula is C23H16N4O4. The van der Waals surface area contributed by atoms with E-state index in [0.29, 0.717) is 29.2 Å². The van der Waals surface area contributed by atoms with Crippen molar-refractivity contribution in [3.05, 3.63) is 60.6 Å². The number of nitrogens with zero attached hydrogens (tertiary/aromatic N) is 2. The molecule has 0 saturated carbocycles. The van der Waals surface area contributed by atoms with Crippen LogP contribution in [0.2, 0.25) is 0 Å². The average molecular weight is 412 g/mol. The topological polar surface area (TPSA) is 104 Å². The van der Waals surface area contributed by atoms with Crippen LogP contribution in [-0.2, 0) is 9.59 Å². The van der Waals surface area contributed by atoms with Crippen LogP contribution in [0, 0.1) is 0 Å². The van der Waals surface area contributed by atoms with Crippen LogP contribution in [0.5, 0.6) is 11.5 Å². The Hall–Kier alpha value is -4.20. The van der Waals surface area contributed by atoms with Gasteiger partial charge in [-0.25, -0.2) is 0 Å². The zero-order valence-electron chi connectivity index (χ0n) is 16.2. The summed E-state index contributed by atoms with van der Waals surface area (Å²) in [6.07, 6.45) is 5.71. The first-order chi connectivity index (χ1) is 15.1. The lowest BCUT2D eigenvalue weighted by atomic mass is 10.0. The summed E-state index contributed by atoms with van der Waals surface area (Å²) in [6.45, 7) is 0. The van der Waals surface area contributed by atoms with E-state index in [4.69, 9.17) is 4.74 Å². The molecule has 0 aliphatic carbocycles. The van der Waals surface area contributed by atoms with Gasteiger partial charge in [0, 0.05) is 40.5 Å². The van der Waals surface area contributed by atoms with E-state index < -0.39 is 11.9 Å². The number of carbonyl (C=O) groups excluding carboxylic acids is 3. The van der Waals surface area contributed by atoms with Crippen LogP contribution in [-0.4, -0.2) is 33.7 Å². The third-order valence-electron chi connectivity index (χ3n) is 5.87. The van der Waals surface area contributed by atoms with E-state index in [9.17, 15) is 14.4 Å². The van der Waals surface area contributed by atoms with Gasteiger partial charge in [-0.1, -0.05) is 12.1 Å². The smallest absolute Gasteiger partial charge is 0.259 e. The predicted molar refractivity (Wildman–Crippen MR) is 113 cm³/mol. The van der Waals surface area contributed by atoms with Crippen LogP contribution in [0.1, 0.15) is 23.2 Å². The van der Waals surface area contributed by atoms with Crippen LogP contribution in [0.3, 0.4) is 0 Å². The fourth-order valence-corrected chi connectivity index (χ4v) is 4.45. The Labute approximate surface area is 175 Å². The van der Waals surface area contributed by atoms with Crippen LogP contribution in [0.4, 0.5) is 5.69 Å². The molecule has 31 heavy (non-hydrogen) atoms. The van der Waals surface area contributed by atoms with Gasteiger partial charge in [-0.3, -0.25) is 29.6 Å². The molecule has 3 amide bonds. The van der Waals surface area contributed by atoms with Crippen molar-refractivity contribution < 1.29 is 19.1 Å². The van der Waals surface area contributed by atoms with Crippen molar-refractivity contribution in [3.8, 4) is 11.5 Å². The molecule has 2 N–H and O–H groups in total. The van der Waals surface area contributed by atoms with Gasteiger partial charge in [0.1, 0.15) is 11.8 Å². The zero-order valence-corrected chi connectivity index (χ0v) is 16.2. The van der Waals surface area contributed by atoms with Crippen LogP contribution >= 0.6 is 0 Å². The number of H-pyrrole nitrogens is 1. The number of piperidine rings is 1. The van der Waals surface area contributed by atoms with Gasteiger partial charge in [0.15, 0.2) is 5.75 Å². The highest BCUT2D eigenvalue weighted by molar-refractivity contribution is 6.27. The second-order valence-corrected chi connectivity index (χ2v) is 7.63. The Kier molecular flexibility index (Phi) is 3.64. The van der Waals surface area contributed by atoms with Crippen molar-refractivity contribution >= 4 is 45.1 Å². The number of carbonyl (C=O) groups is 3. The monoisotopic (exact) mass is 412 g/mol. The number of rotatable bonds is 3. The summed E-state index contributed by atoms with van der Waals surface area (Å²) < 4.78 is 6.22. The molecule has 4 heterocycles. The number of amides is 3. The van der Waals surface area contributed by atoms with Gasteiger partial charge in [0.05, 0.1) is 17.4 Å². The van der Waals surface area contributed by atoms with Crippen molar-refractivity contribution in [3.63, 3.8) is 0 Å². The fourth-order valence-electron chi connectivity index (χ4n) is 4.45. The van der Waals surface area contributed by atoms with Gasteiger partial charge in [0.2, 0.25) is 11.8 Å². The Morgan fingerprint density at radius 3 is 2.81 bits per heavy atom. The first kappa shape index (κ1) is 17.6. The van der Waals surface area contributed by atoms with E-state index in [1.165, 1.54) is 4.90 Å². The van der Waals surface area contributed by atoms with Gasteiger partial charge in [-0.05, 0) is 30.7 Å². The summed E-state index contributed by atoms with van der Waals surface area (Å²) >= 11 is 0. The molecule has 2 aliphatic rings. The zero-order chi connectivity index (χ0) is 21.1. The minimum atomic E-state index is -0.714. The molecule has 0 radical (unpaired) electrons. The summed E-state index contributed by atoms with van der Waals surface area (Å²) in [4.78, 5) is 46.0. The van der Waals surface area contributed by atoms with Gasteiger partial charge < -0.3 is 9.72 Å². The van der Waals surface area contributed by atoms with Crippen molar-refractivity contribution in [2.24, 2.45) is 0 Å². The summed E-state index contributed by atoms with van der Waals surface area (Å²) in [7, 11) is 0. The number of pyridine rings is 1. The highest BCUT2D eigenvalue weighted by Crippen LogP contribution is 2.44. The van der Waals surface area contributed by atoms with E-state index >= 15 is 0 Å². The standard InChI is InChI=1S/C23H16N4O4/c28-20-7-5-17(22(29)26-20)27-16-4-6-18(13-2-1-3-14(21(13)16)23(27)30)31-19-11-25-15-10-24-9-8-12(15)19/h1-4,6,8-11,17,25H,5,7H2,(H,26,28,29). The fraction of sp³-hybridized carbons (Fsp3) is 0.130. The van der Waals surface area contributed by atoms with Crippen molar-refractivity contribution in [2.45, 2.75) is 18.9 Å². The van der Waals surface area contributed by atoms with Crippen molar-refractivity contribution in [1.82, 2.24) is 15.3 Å². The SMILES string of the molecule is O=C1CCC(N2C(=O)c3cccc4c(Oc5c[nH]c6cnccc56)ccc2c34)C(=O)N1. The minimum absolute atomic E-state index is 0.205. The lowest BCUT2D eigenvalue weighted by molar-refractivity contribution is -0.134. The lowest BCUT2D eigenvalue weighted by Crippen LogP contribution is -2.53. The number of aromatic amines is 1. The minimum Gasteiger partial charge on any atom is -0.454 e. The molecule has 4 aromatic rings. The normalized spacial score (nSPS) is 18.1. The third kappa shape index (κ3) is 2.54. The number of nitrogens with one attached hydrogen (secondary N) is 2. The maximum absolute atomic E-state index is 13.2. The van der Waals surface area contributed by atoms with Crippen molar-refractivity contribution in [2.75, 3.05) is 4.90 Å². The van der Waals surface area contributed by atoms with Crippen LogP contribution < -0.4 is 15.0 Å². The van der Waals surface area contributed by atoms with E-state index in [1.54, 1.807) is 42.9 Å². The van der Waals surface area contributed by atoms with Crippen molar-refractivity contribution in [1.29, 1.82) is 0 Å². The molecule has 1 atom stereocenters. The second-order valence-electron chi connectivity index (χ2n) is 7.63. The first-order valence-electron chi connectivity index (χ1n) is 9.94. The van der Waals surface area contributed by atoms with E-state index in [0.717, 1.165) is 21.7 Å². The lowest BCUT2D eigenvalue weighted by Gasteiger charge is -2.30. The molecule has 2 aliphatic heterocycles. The third-order valence-corrected chi connectivity index (χ3v) is 5.87. The Morgan fingerprint density at radius 1 is 1.03 bits per heavy atom. The second kappa shape index (κ2) is 6.40. The maximum atomic E-state index is 13.2. The number of imide groups is 1. The molecule has 8 heteroatoms. The number of ether oxygens (including phenoxy) is 1. The molecule has 1 unspecified atom stereocenters. The molecule has 1 saturated heterocycles. The van der Waals surface area contributed by atoms with E-state index in [-0.39, 0.29) is 18.2 Å². The maximum Gasteiger partial charge on any atom is 0.259 e. The Bertz CT molecular complexity index is 1420. The number of hydrogen-bond donors (Lipinski definition) is 2. The molecule has 8 nitrogen and oxygen atoms in total. The quantitative estimate of drug-likeness (QED) is 0.503. The Morgan fingerprint density at radius 2 is 1.94 bits per heavy atom. The molecule has 0 bridgehead atoms. The highest BCUT2D eigenvalue weighted by Gasteiger charge is 2.41. The molecular weight excluding hydrogens is 396 g/mol. The molecule has 152 valence electrons. The van der Waals surface area contributed by atoms with Gasteiger partial charge >= 0.3 is 0 Å². The van der Waals surface area contributed by atoms with E-state index in [2.05, 4.69) is 15.3 Å².